The summed E-state index contributed by atoms with van der Waals surface area (Å²) in [7, 11) is 0. The molecule has 0 N–H and O–H groups in total. The number of rotatable bonds is 3. The molecule has 0 atom stereocenters. The SMILES string of the molecule is C#CCN(CC#C)C(=O)C(=C)F. The van der Waals surface area contributed by atoms with Crippen molar-refractivity contribution in [1.82, 2.24) is 4.90 Å². The molecule has 12 heavy (non-hydrogen) atoms. The van der Waals surface area contributed by atoms with E-state index in [1.54, 1.807) is 0 Å². The standard InChI is InChI=1S/C9H8FNO/c1-4-6-11(7-5-2)9(12)8(3)10/h1-2H,3,6-7H2. The first kappa shape index (κ1) is 10.3. The van der Waals surface area contributed by atoms with Crippen LogP contribution in [0.4, 0.5) is 4.39 Å². The second kappa shape index (κ2) is 4.98. The second-order valence-corrected chi connectivity index (χ2v) is 1.97. The molecule has 0 unspecified atom stereocenters. The molecule has 0 rings (SSSR count). The van der Waals surface area contributed by atoms with Gasteiger partial charge in [0, 0.05) is 0 Å². The molecule has 0 saturated heterocycles. The highest BCUT2D eigenvalue weighted by molar-refractivity contribution is 5.90. The summed E-state index contributed by atoms with van der Waals surface area (Å²) < 4.78 is 12.3. The molecule has 0 aromatic heterocycles. The van der Waals surface area contributed by atoms with Gasteiger partial charge in [0.1, 0.15) is 0 Å². The Labute approximate surface area is 71.1 Å². The molecular formula is C9H8FNO. The first-order chi connectivity index (χ1) is 5.63. The molecule has 0 spiro atoms. The first-order valence-corrected chi connectivity index (χ1v) is 3.14. The van der Waals surface area contributed by atoms with Gasteiger partial charge in [-0.05, 0) is 0 Å². The van der Waals surface area contributed by atoms with Crippen molar-refractivity contribution < 1.29 is 9.18 Å². The number of carbonyl (C=O) groups is 1. The maximum absolute atomic E-state index is 12.3. The van der Waals surface area contributed by atoms with Gasteiger partial charge in [-0.3, -0.25) is 4.79 Å². The molecule has 0 aromatic rings. The monoisotopic (exact) mass is 165 g/mol. The molecule has 1 amide bonds. The second-order valence-electron chi connectivity index (χ2n) is 1.97. The van der Waals surface area contributed by atoms with Gasteiger partial charge in [0.15, 0.2) is 5.83 Å². The number of nitrogens with zero attached hydrogens (tertiary/aromatic N) is 1. The van der Waals surface area contributed by atoms with Gasteiger partial charge in [-0.15, -0.1) is 12.8 Å². The van der Waals surface area contributed by atoms with Crippen molar-refractivity contribution in [3.8, 4) is 24.7 Å². The Morgan fingerprint density at radius 2 is 1.83 bits per heavy atom. The normalized spacial score (nSPS) is 7.92. The van der Waals surface area contributed by atoms with Gasteiger partial charge in [-0.25, -0.2) is 4.39 Å². The third kappa shape index (κ3) is 2.90. The van der Waals surface area contributed by atoms with Crippen molar-refractivity contribution >= 4 is 5.91 Å². The summed E-state index contributed by atoms with van der Waals surface area (Å²) in [5, 5.41) is 0. The van der Waals surface area contributed by atoms with Crippen molar-refractivity contribution in [3.05, 3.63) is 12.4 Å². The average molecular weight is 165 g/mol. The third-order valence-corrected chi connectivity index (χ3v) is 1.08. The fourth-order valence-corrected chi connectivity index (χ4v) is 0.591. The zero-order chi connectivity index (χ0) is 9.56. The van der Waals surface area contributed by atoms with Crippen LogP contribution in [-0.2, 0) is 4.79 Å². The van der Waals surface area contributed by atoms with Gasteiger partial charge in [0.2, 0.25) is 0 Å². The fourth-order valence-electron chi connectivity index (χ4n) is 0.591. The third-order valence-electron chi connectivity index (χ3n) is 1.08. The van der Waals surface area contributed by atoms with E-state index in [4.69, 9.17) is 12.8 Å². The molecule has 0 aliphatic carbocycles. The van der Waals surface area contributed by atoms with E-state index in [0.29, 0.717) is 0 Å². The van der Waals surface area contributed by atoms with Crippen LogP contribution in [0.2, 0.25) is 0 Å². The molecule has 0 bridgehead atoms. The van der Waals surface area contributed by atoms with E-state index in [0.717, 1.165) is 4.90 Å². The molecule has 0 aliphatic rings. The van der Waals surface area contributed by atoms with Gasteiger partial charge in [-0.2, -0.15) is 0 Å². The predicted molar refractivity (Wildman–Crippen MR) is 44.5 cm³/mol. The Kier molecular flexibility index (Phi) is 4.26. The largest absolute Gasteiger partial charge is 0.314 e. The van der Waals surface area contributed by atoms with Crippen LogP contribution >= 0.6 is 0 Å². The Balaban J connectivity index is 4.33. The summed E-state index contributed by atoms with van der Waals surface area (Å²) in [4.78, 5) is 11.9. The summed E-state index contributed by atoms with van der Waals surface area (Å²) in [6, 6.07) is 0. The molecule has 0 aliphatic heterocycles. The number of hydrogen-bond donors (Lipinski definition) is 0. The average Bonchev–Trinajstić information content (AvgIpc) is 2.03. The zero-order valence-electron chi connectivity index (χ0n) is 6.51. The van der Waals surface area contributed by atoms with Crippen LogP contribution in [0, 0.1) is 24.7 Å². The van der Waals surface area contributed by atoms with Crippen molar-refractivity contribution in [2.75, 3.05) is 13.1 Å². The molecule has 0 saturated carbocycles. The lowest BCUT2D eigenvalue weighted by atomic mass is 10.4. The van der Waals surface area contributed by atoms with Crippen molar-refractivity contribution in [1.29, 1.82) is 0 Å². The first-order valence-electron chi connectivity index (χ1n) is 3.14. The van der Waals surface area contributed by atoms with Gasteiger partial charge >= 0.3 is 0 Å². The lowest BCUT2D eigenvalue weighted by molar-refractivity contribution is -0.127. The lowest BCUT2D eigenvalue weighted by Gasteiger charge is -2.14. The Morgan fingerprint density at radius 3 is 2.08 bits per heavy atom. The Hall–Kier alpha value is -1.74. The highest BCUT2D eigenvalue weighted by atomic mass is 19.1. The summed E-state index contributed by atoms with van der Waals surface area (Å²) in [5.74, 6) is 2.47. The Morgan fingerprint density at radius 1 is 1.42 bits per heavy atom. The molecule has 0 heterocycles. The molecule has 0 fully saturated rings. The van der Waals surface area contributed by atoms with E-state index in [1.165, 1.54) is 0 Å². The summed E-state index contributed by atoms with van der Waals surface area (Å²) >= 11 is 0. The van der Waals surface area contributed by atoms with Gasteiger partial charge in [0.25, 0.3) is 5.91 Å². The van der Waals surface area contributed by atoms with Gasteiger partial charge < -0.3 is 4.90 Å². The predicted octanol–water partition coefficient (Wildman–Crippen LogP) is 0.565. The van der Waals surface area contributed by atoms with Crippen LogP contribution in [-0.4, -0.2) is 23.9 Å². The fraction of sp³-hybridized carbons (Fsp3) is 0.222. The highest BCUT2D eigenvalue weighted by Crippen LogP contribution is 1.99. The highest BCUT2D eigenvalue weighted by Gasteiger charge is 2.13. The number of amides is 1. The lowest BCUT2D eigenvalue weighted by Crippen LogP contribution is -2.31. The van der Waals surface area contributed by atoms with E-state index in [2.05, 4.69) is 18.4 Å². The number of hydrogen-bond acceptors (Lipinski definition) is 1. The van der Waals surface area contributed by atoms with E-state index < -0.39 is 11.7 Å². The summed E-state index contributed by atoms with van der Waals surface area (Å²) in [6.07, 6.45) is 9.87. The number of halogens is 1. The quantitative estimate of drug-likeness (QED) is 0.442. The molecule has 0 radical (unpaired) electrons. The van der Waals surface area contributed by atoms with Crippen molar-refractivity contribution in [3.63, 3.8) is 0 Å². The van der Waals surface area contributed by atoms with E-state index in [-0.39, 0.29) is 13.1 Å². The molecule has 0 aromatic carbocycles. The van der Waals surface area contributed by atoms with E-state index >= 15 is 0 Å². The van der Waals surface area contributed by atoms with Gasteiger partial charge in [0.05, 0.1) is 13.1 Å². The van der Waals surface area contributed by atoms with Crippen LogP contribution in [0.25, 0.3) is 0 Å². The van der Waals surface area contributed by atoms with Crippen LogP contribution in [0.15, 0.2) is 12.4 Å². The van der Waals surface area contributed by atoms with E-state index in [1.807, 2.05) is 0 Å². The maximum atomic E-state index is 12.3. The van der Waals surface area contributed by atoms with Crippen LogP contribution < -0.4 is 0 Å². The topological polar surface area (TPSA) is 20.3 Å². The Bertz CT molecular complexity index is 253. The maximum Gasteiger partial charge on any atom is 0.283 e. The minimum Gasteiger partial charge on any atom is -0.314 e. The van der Waals surface area contributed by atoms with Gasteiger partial charge in [-0.1, -0.05) is 18.4 Å². The molecular weight excluding hydrogens is 157 g/mol. The molecule has 3 heteroatoms. The molecule has 2 nitrogen and oxygen atoms in total. The number of terminal acetylenes is 2. The zero-order valence-corrected chi connectivity index (χ0v) is 6.51. The van der Waals surface area contributed by atoms with Crippen LogP contribution in [0.1, 0.15) is 0 Å². The van der Waals surface area contributed by atoms with Crippen LogP contribution in [0.3, 0.4) is 0 Å². The van der Waals surface area contributed by atoms with E-state index in [9.17, 15) is 9.18 Å². The minimum absolute atomic E-state index is 0.00796. The van der Waals surface area contributed by atoms with Crippen LogP contribution in [0.5, 0.6) is 0 Å². The van der Waals surface area contributed by atoms with Crippen molar-refractivity contribution in [2.24, 2.45) is 0 Å². The smallest absolute Gasteiger partial charge is 0.283 e. The molecule has 62 valence electrons. The summed E-state index contributed by atoms with van der Waals surface area (Å²) in [5.41, 5.74) is 0. The minimum atomic E-state index is -1.06. The van der Waals surface area contributed by atoms with Crippen molar-refractivity contribution in [2.45, 2.75) is 0 Å². The summed E-state index contributed by atoms with van der Waals surface area (Å²) in [6.45, 7) is 2.83. The number of carbonyl (C=O) groups excluding carboxylic acids is 1.